The summed E-state index contributed by atoms with van der Waals surface area (Å²) in [7, 11) is 1.72. The summed E-state index contributed by atoms with van der Waals surface area (Å²) in [5.41, 5.74) is 1.23. The van der Waals surface area contributed by atoms with Gasteiger partial charge in [-0.05, 0) is 24.5 Å². The average molecular weight is 257 g/mol. The number of nitrogens with zero attached hydrogens (tertiary/aromatic N) is 1. The molecule has 0 radical (unpaired) electrons. The molecule has 0 unspecified atom stereocenters. The van der Waals surface area contributed by atoms with Gasteiger partial charge in [-0.15, -0.1) is 0 Å². The standard InChI is InChI=1S/C16H19NO2/c1-19-14-10-9-13(17-11-5-8-15(17)18)16(14)12-6-3-2-4-7-12/h2-4,6-7,10,13,16H,5,8-9,11H2,1H3/t13-,16+/m0/s1. The van der Waals surface area contributed by atoms with Crippen molar-refractivity contribution in [3.05, 3.63) is 47.7 Å². The van der Waals surface area contributed by atoms with Gasteiger partial charge in [-0.2, -0.15) is 0 Å². The third-order valence-corrected chi connectivity index (χ3v) is 4.16. The number of amides is 1. The van der Waals surface area contributed by atoms with Crippen LogP contribution >= 0.6 is 0 Å². The first-order valence-electron chi connectivity index (χ1n) is 6.89. The Kier molecular flexibility index (Phi) is 3.28. The Morgan fingerprint density at radius 3 is 2.68 bits per heavy atom. The van der Waals surface area contributed by atoms with Crippen LogP contribution in [0, 0.1) is 0 Å². The zero-order valence-electron chi connectivity index (χ0n) is 11.2. The fourth-order valence-corrected chi connectivity index (χ4v) is 3.27. The first-order valence-corrected chi connectivity index (χ1v) is 6.89. The van der Waals surface area contributed by atoms with E-state index in [2.05, 4.69) is 18.2 Å². The lowest BCUT2D eigenvalue weighted by Crippen LogP contribution is -2.38. The topological polar surface area (TPSA) is 29.5 Å². The Bertz CT molecular complexity index is 495. The van der Waals surface area contributed by atoms with Gasteiger partial charge in [0.15, 0.2) is 0 Å². The van der Waals surface area contributed by atoms with Crippen LogP contribution in [0.4, 0.5) is 0 Å². The van der Waals surface area contributed by atoms with E-state index in [9.17, 15) is 4.79 Å². The van der Waals surface area contributed by atoms with Crippen LogP contribution in [-0.4, -0.2) is 30.5 Å². The molecule has 1 fully saturated rings. The minimum atomic E-state index is 0.188. The minimum absolute atomic E-state index is 0.188. The third kappa shape index (κ3) is 2.14. The zero-order valence-corrected chi connectivity index (χ0v) is 11.2. The van der Waals surface area contributed by atoms with Crippen molar-refractivity contribution in [1.29, 1.82) is 0 Å². The third-order valence-electron chi connectivity index (χ3n) is 4.16. The molecule has 0 N–H and O–H groups in total. The molecule has 1 amide bonds. The first kappa shape index (κ1) is 12.3. The van der Waals surface area contributed by atoms with Crippen LogP contribution in [-0.2, 0) is 9.53 Å². The average Bonchev–Trinajstić information content (AvgIpc) is 3.05. The van der Waals surface area contributed by atoms with Crippen molar-refractivity contribution in [1.82, 2.24) is 4.90 Å². The van der Waals surface area contributed by atoms with Crippen molar-refractivity contribution in [2.75, 3.05) is 13.7 Å². The first-order chi connectivity index (χ1) is 9.31. The highest BCUT2D eigenvalue weighted by molar-refractivity contribution is 5.78. The number of carbonyl (C=O) groups excluding carboxylic acids is 1. The summed E-state index contributed by atoms with van der Waals surface area (Å²) in [5.74, 6) is 1.47. The molecule has 1 aliphatic heterocycles. The molecule has 2 aliphatic rings. The lowest BCUT2D eigenvalue weighted by molar-refractivity contribution is -0.129. The van der Waals surface area contributed by atoms with Crippen LogP contribution in [0.1, 0.15) is 30.7 Å². The molecule has 0 aromatic heterocycles. The Labute approximate surface area is 113 Å². The summed E-state index contributed by atoms with van der Waals surface area (Å²) < 4.78 is 5.53. The van der Waals surface area contributed by atoms with E-state index >= 15 is 0 Å². The Hall–Kier alpha value is -1.77. The quantitative estimate of drug-likeness (QED) is 0.833. The highest BCUT2D eigenvalue weighted by Gasteiger charge is 2.39. The van der Waals surface area contributed by atoms with Crippen LogP contribution in [0.2, 0.25) is 0 Å². The van der Waals surface area contributed by atoms with Gasteiger partial charge >= 0.3 is 0 Å². The lowest BCUT2D eigenvalue weighted by atomic mass is 9.92. The number of hydrogen-bond donors (Lipinski definition) is 0. The largest absolute Gasteiger partial charge is 0.501 e. The summed E-state index contributed by atoms with van der Waals surface area (Å²) in [6.45, 7) is 0.887. The molecule has 3 heteroatoms. The molecule has 3 rings (SSSR count). The molecule has 2 atom stereocenters. The maximum Gasteiger partial charge on any atom is 0.222 e. The van der Waals surface area contributed by atoms with Gasteiger partial charge in [0.05, 0.1) is 13.0 Å². The smallest absolute Gasteiger partial charge is 0.222 e. The van der Waals surface area contributed by atoms with Gasteiger partial charge in [0.2, 0.25) is 5.91 Å². The molecule has 3 nitrogen and oxygen atoms in total. The molecule has 100 valence electrons. The highest BCUT2D eigenvalue weighted by atomic mass is 16.5. The fraction of sp³-hybridized carbons (Fsp3) is 0.438. The van der Waals surface area contributed by atoms with Crippen molar-refractivity contribution >= 4 is 5.91 Å². The Morgan fingerprint density at radius 2 is 2.05 bits per heavy atom. The molecular formula is C16H19NO2. The molecule has 19 heavy (non-hydrogen) atoms. The van der Waals surface area contributed by atoms with Crippen molar-refractivity contribution in [3.63, 3.8) is 0 Å². The van der Waals surface area contributed by atoms with E-state index in [1.165, 1.54) is 5.56 Å². The van der Waals surface area contributed by atoms with Crippen LogP contribution in [0.25, 0.3) is 0 Å². The van der Waals surface area contributed by atoms with E-state index in [1.807, 2.05) is 23.1 Å². The summed E-state index contributed by atoms with van der Waals surface area (Å²) >= 11 is 0. The van der Waals surface area contributed by atoms with Gasteiger partial charge in [0.25, 0.3) is 0 Å². The highest BCUT2D eigenvalue weighted by Crippen LogP contribution is 2.39. The normalized spacial score (nSPS) is 26.7. The summed E-state index contributed by atoms with van der Waals surface area (Å²) in [6, 6.07) is 10.6. The lowest BCUT2D eigenvalue weighted by Gasteiger charge is -2.31. The fourth-order valence-electron chi connectivity index (χ4n) is 3.27. The number of carbonyl (C=O) groups is 1. The van der Waals surface area contributed by atoms with Gasteiger partial charge in [0.1, 0.15) is 5.76 Å². The van der Waals surface area contributed by atoms with E-state index in [1.54, 1.807) is 7.11 Å². The number of methoxy groups -OCH3 is 1. The summed E-state index contributed by atoms with van der Waals surface area (Å²) in [4.78, 5) is 14.0. The van der Waals surface area contributed by atoms with Crippen LogP contribution in [0.3, 0.4) is 0 Å². The van der Waals surface area contributed by atoms with Gasteiger partial charge in [0, 0.05) is 19.0 Å². The molecule has 0 spiro atoms. The van der Waals surface area contributed by atoms with E-state index in [0.717, 1.165) is 25.1 Å². The molecular weight excluding hydrogens is 238 g/mol. The van der Waals surface area contributed by atoms with E-state index < -0.39 is 0 Å². The van der Waals surface area contributed by atoms with Crippen LogP contribution in [0.5, 0.6) is 0 Å². The van der Waals surface area contributed by atoms with Crippen molar-refractivity contribution < 1.29 is 9.53 Å². The van der Waals surface area contributed by atoms with Crippen molar-refractivity contribution in [2.24, 2.45) is 0 Å². The van der Waals surface area contributed by atoms with E-state index in [4.69, 9.17) is 4.74 Å². The second-order valence-electron chi connectivity index (χ2n) is 5.19. The van der Waals surface area contributed by atoms with E-state index in [0.29, 0.717) is 6.42 Å². The molecule has 1 heterocycles. The number of rotatable bonds is 3. The van der Waals surface area contributed by atoms with Gasteiger partial charge in [-0.3, -0.25) is 4.79 Å². The van der Waals surface area contributed by atoms with Crippen molar-refractivity contribution in [3.8, 4) is 0 Å². The molecule has 1 saturated heterocycles. The SMILES string of the molecule is COC1=CC[C@H](N2CCCC2=O)[C@H]1c1ccccc1. The number of likely N-dealkylation sites (tertiary alicyclic amines) is 1. The van der Waals surface area contributed by atoms with Gasteiger partial charge in [-0.25, -0.2) is 0 Å². The summed E-state index contributed by atoms with van der Waals surface area (Å²) in [6.07, 6.45) is 4.71. The molecule has 1 aromatic carbocycles. The zero-order chi connectivity index (χ0) is 13.2. The molecule has 1 aromatic rings. The molecule has 0 saturated carbocycles. The van der Waals surface area contributed by atoms with Crippen LogP contribution < -0.4 is 0 Å². The Balaban J connectivity index is 1.91. The van der Waals surface area contributed by atoms with Gasteiger partial charge in [-0.1, -0.05) is 30.3 Å². The number of ether oxygens (including phenoxy) is 1. The number of benzene rings is 1. The second kappa shape index (κ2) is 5.08. The monoisotopic (exact) mass is 257 g/mol. The molecule has 0 bridgehead atoms. The minimum Gasteiger partial charge on any atom is -0.501 e. The maximum absolute atomic E-state index is 12.0. The van der Waals surface area contributed by atoms with Crippen molar-refractivity contribution in [2.45, 2.75) is 31.2 Å². The Morgan fingerprint density at radius 1 is 1.26 bits per heavy atom. The van der Waals surface area contributed by atoms with Gasteiger partial charge < -0.3 is 9.64 Å². The predicted octanol–water partition coefficient (Wildman–Crippen LogP) is 2.70. The predicted molar refractivity (Wildman–Crippen MR) is 73.6 cm³/mol. The maximum atomic E-state index is 12.0. The second-order valence-corrected chi connectivity index (χ2v) is 5.19. The van der Waals surface area contributed by atoms with Crippen LogP contribution in [0.15, 0.2) is 42.2 Å². The summed E-state index contributed by atoms with van der Waals surface area (Å²) in [5, 5.41) is 0. The number of hydrogen-bond acceptors (Lipinski definition) is 2. The molecule has 1 aliphatic carbocycles. The van der Waals surface area contributed by atoms with E-state index in [-0.39, 0.29) is 17.9 Å².